The second-order valence-electron chi connectivity index (χ2n) is 7.04. The summed E-state index contributed by atoms with van der Waals surface area (Å²) in [6.45, 7) is 1.88. The topological polar surface area (TPSA) is 42.0 Å². The summed E-state index contributed by atoms with van der Waals surface area (Å²) in [5.41, 5.74) is 1.35. The maximum Gasteiger partial charge on any atom is 0.254 e. The quantitative estimate of drug-likeness (QED) is 0.907. The number of amides is 1. The van der Waals surface area contributed by atoms with E-state index in [1.165, 1.54) is 25.7 Å². The summed E-state index contributed by atoms with van der Waals surface area (Å²) in [6, 6.07) is 2.10. The largest absolute Gasteiger partial charge is 0.349 e. The molecule has 3 aliphatic carbocycles. The van der Waals surface area contributed by atoms with Crippen LogP contribution in [-0.2, 0) is 0 Å². The summed E-state index contributed by atoms with van der Waals surface area (Å²) in [5, 5.41) is 3.74. The third-order valence-corrected chi connectivity index (χ3v) is 6.29. The summed E-state index contributed by atoms with van der Waals surface area (Å²) in [5.74, 6) is 3.30. The van der Waals surface area contributed by atoms with Gasteiger partial charge >= 0.3 is 0 Å². The molecule has 2 bridgehead atoms. The molecule has 112 valence electrons. The van der Waals surface area contributed by atoms with Gasteiger partial charge in [0.25, 0.3) is 5.91 Å². The number of fused-ring (bicyclic) bond motifs is 5. The average Bonchev–Trinajstić information content (AvgIpc) is 3.09. The highest BCUT2D eigenvalue weighted by molar-refractivity contribution is 6.33. The minimum Gasteiger partial charge on any atom is -0.349 e. The molecule has 0 aromatic carbocycles. The van der Waals surface area contributed by atoms with E-state index in [1.54, 1.807) is 12.3 Å². The van der Waals surface area contributed by atoms with Gasteiger partial charge in [-0.1, -0.05) is 18.0 Å². The zero-order chi connectivity index (χ0) is 14.6. The number of carbonyl (C=O) groups is 1. The standard InChI is InChI=1S/C17H21ClN2O/c1-9-5-15(18)14(8-19-9)17(21)20-16-7-10-6-13(16)12-4-2-3-11(10)12/h5,8,10-13,16H,2-4,6-7H2,1H3,(H,20,21). The summed E-state index contributed by atoms with van der Waals surface area (Å²) in [4.78, 5) is 16.7. The predicted molar refractivity (Wildman–Crippen MR) is 82.3 cm³/mol. The van der Waals surface area contributed by atoms with E-state index < -0.39 is 0 Å². The highest BCUT2D eigenvalue weighted by Gasteiger charge is 2.54. The lowest BCUT2D eigenvalue weighted by atomic mass is 9.79. The third-order valence-electron chi connectivity index (χ3n) is 5.98. The van der Waals surface area contributed by atoms with Gasteiger partial charge in [0.05, 0.1) is 10.6 Å². The Labute approximate surface area is 130 Å². The molecule has 5 unspecified atom stereocenters. The molecular weight excluding hydrogens is 284 g/mol. The van der Waals surface area contributed by atoms with Gasteiger partial charge < -0.3 is 5.32 Å². The highest BCUT2D eigenvalue weighted by atomic mass is 35.5. The van der Waals surface area contributed by atoms with Crippen molar-refractivity contribution in [3.63, 3.8) is 0 Å². The van der Waals surface area contributed by atoms with Gasteiger partial charge in [0, 0.05) is 17.9 Å². The van der Waals surface area contributed by atoms with Crippen LogP contribution in [0, 0.1) is 30.6 Å². The van der Waals surface area contributed by atoms with Crippen LogP contribution in [-0.4, -0.2) is 16.9 Å². The number of rotatable bonds is 2. The van der Waals surface area contributed by atoms with Crippen molar-refractivity contribution in [3.8, 4) is 0 Å². The van der Waals surface area contributed by atoms with Gasteiger partial charge in [0.2, 0.25) is 0 Å². The Morgan fingerprint density at radius 2 is 2.10 bits per heavy atom. The van der Waals surface area contributed by atoms with E-state index >= 15 is 0 Å². The molecule has 3 aliphatic rings. The number of aromatic nitrogens is 1. The predicted octanol–water partition coefficient (Wildman–Crippen LogP) is 3.60. The fourth-order valence-electron chi connectivity index (χ4n) is 5.17. The van der Waals surface area contributed by atoms with Crippen molar-refractivity contribution in [2.75, 3.05) is 0 Å². The molecule has 5 atom stereocenters. The molecule has 0 saturated heterocycles. The molecule has 1 N–H and O–H groups in total. The van der Waals surface area contributed by atoms with Crippen LogP contribution < -0.4 is 5.32 Å². The summed E-state index contributed by atoms with van der Waals surface area (Å²) >= 11 is 6.18. The maximum atomic E-state index is 12.5. The van der Waals surface area contributed by atoms with Crippen molar-refractivity contribution in [2.24, 2.45) is 23.7 Å². The van der Waals surface area contributed by atoms with Gasteiger partial charge in [-0.25, -0.2) is 0 Å². The fraction of sp³-hybridized carbons (Fsp3) is 0.647. The lowest BCUT2D eigenvalue weighted by Gasteiger charge is -2.32. The van der Waals surface area contributed by atoms with Crippen molar-refractivity contribution in [3.05, 3.63) is 28.5 Å². The van der Waals surface area contributed by atoms with Crippen LogP contribution in [0.3, 0.4) is 0 Å². The van der Waals surface area contributed by atoms with Crippen LogP contribution in [0.2, 0.25) is 5.02 Å². The van der Waals surface area contributed by atoms with E-state index in [-0.39, 0.29) is 5.91 Å². The van der Waals surface area contributed by atoms with Gasteiger partial charge in [0.15, 0.2) is 0 Å². The van der Waals surface area contributed by atoms with Crippen LogP contribution in [0.15, 0.2) is 12.3 Å². The van der Waals surface area contributed by atoms with Gasteiger partial charge in [-0.3, -0.25) is 9.78 Å². The fourth-order valence-corrected chi connectivity index (χ4v) is 5.47. The molecule has 21 heavy (non-hydrogen) atoms. The van der Waals surface area contributed by atoms with Crippen molar-refractivity contribution in [2.45, 2.75) is 45.1 Å². The Balaban J connectivity index is 1.48. The molecule has 3 fully saturated rings. The van der Waals surface area contributed by atoms with E-state index in [0.29, 0.717) is 22.5 Å². The number of aryl methyl sites for hydroxylation is 1. The Bertz CT molecular complexity index is 588. The van der Waals surface area contributed by atoms with E-state index in [0.717, 1.165) is 29.9 Å². The summed E-state index contributed by atoms with van der Waals surface area (Å²) in [7, 11) is 0. The molecule has 4 heteroatoms. The van der Waals surface area contributed by atoms with Crippen molar-refractivity contribution < 1.29 is 4.79 Å². The summed E-state index contributed by atoms with van der Waals surface area (Å²) in [6.07, 6.45) is 8.25. The molecule has 1 aromatic rings. The number of hydrogen-bond donors (Lipinski definition) is 1. The van der Waals surface area contributed by atoms with Gasteiger partial charge in [-0.15, -0.1) is 0 Å². The van der Waals surface area contributed by atoms with E-state index in [9.17, 15) is 4.79 Å². The SMILES string of the molecule is Cc1cc(Cl)c(C(=O)NC2CC3CC2C2CCCC32)cn1. The minimum absolute atomic E-state index is 0.0559. The Kier molecular flexibility index (Phi) is 3.21. The zero-order valence-corrected chi connectivity index (χ0v) is 13.1. The van der Waals surface area contributed by atoms with Crippen LogP contribution in [0.1, 0.15) is 48.2 Å². The first kappa shape index (κ1) is 13.6. The lowest BCUT2D eigenvalue weighted by Crippen LogP contribution is -2.42. The Hall–Kier alpha value is -1.09. The highest BCUT2D eigenvalue weighted by Crippen LogP contribution is 2.58. The van der Waals surface area contributed by atoms with E-state index in [4.69, 9.17) is 11.6 Å². The second kappa shape index (κ2) is 4.98. The van der Waals surface area contributed by atoms with Gasteiger partial charge in [0.1, 0.15) is 0 Å². The van der Waals surface area contributed by atoms with E-state index in [1.807, 2.05) is 6.92 Å². The lowest BCUT2D eigenvalue weighted by molar-refractivity contribution is 0.0901. The normalized spacial score (nSPS) is 36.8. The average molecular weight is 305 g/mol. The number of hydrogen-bond acceptors (Lipinski definition) is 2. The number of nitrogens with one attached hydrogen (secondary N) is 1. The number of pyridine rings is 1. The number of nitrogens with zero attached hydrogens (tertiary/aromatic N) is 1. The van der Waals surface area contributed by atoms with Crippen molar-refractivity contribution in [1.29, 1.82) is 0 Å². The van der Waals surface area contributed by atoms with Crippen LogP contribution in [0.5, 0.6) is 0 Å². The smallest absolute Gasteiger partial charge is 0.254 e. The van der Waals surface area contributed by atoms with Crippen molar-refractivity contribution >= 4 is 17.5 Å². The van der Waals surface area contributed by atoms with Crippen LogP contribution in [0.4, 0.5) is 0 Å². The first-order valence-corrected chi connectivity index (χ1v) is 8.44. The first-order valence-electron chi connectivity index (χ1n) is 8.06. The van der Waals surface area contributed by atoms with Gasteiger partial charge in [-0.05, 0) is 62.3 Å². The molecule has 4 rings (SSSR count). The number of carbonyl (C=O) groups excluding carboxylic acids is 1. The molecule has 3 saturated carbocycles. The van der Waals surface area contributed by atoms with E-state index in [2.05, 4.69) is 10.3 Å². The molecule has 3 nitrogen and oxygen atoms in total. The maximum absolute atomic E-state index is 12.5. The first-order chi connectivity index (χ1) is 10.1. The molecule has 1 aromatic heterocycles. The van der Waals surface area contributed by atoms with Crippen LogP contribution in [0.25, 0.3) is 0 Å². The Morgan fingerprint density at radius 3 is 2.90 bits per heavy atom. The van der Waals surface area contributed by atoms with Crippen LogP contribution >= 0.6 is 11.6 Å². The Morgan fingerprint density at radius 1 is 1.29 bits per heavy atom. The zero-order valence-electron chi connectivity index (χ0n) is 12.3. The second-order valence-corrected chi connectivity index (χ2v) is 7.45. The molecule has 1 heterocycles. The summed E-state index contributed by atoms with van der Waals surface area (Å²) < 4.78 is 0. The molecule has 0 aliphatic heterocycles. The molecular formula is C17H21ClN2O. The molecule has 1 amide bonds. The molecule has 0 spiro atoms. The minimum atomic E-state index is -0.0559. The monoisotopic (exact) mass is 304 g/mol. The molecule has 0 radical (unpaired) electrons. The third kappa shape index (κ3) is 2.17. The van der Waals surface area contributed by atoms with Gasteiger partial charge in [-0.2, -0.15) is 0 Å². The number of halogens is 1. The van der Waals surface area contributed by atoms with Crippen molar-refractivity contribution in [1.82, 2.24) is 10.3 Å².